The molecule has 0 aliphatic rings. The van der Waals surface area contributed by atoms with Gasteiger partial charge < -0.3 is 10.4 Å². The van der Waals surface area contributed by atoms with Crippen molar-refractivity contribution in [3.05, 3.63) is 70.5 Å². The maximum absolute atomic E-state index is 13.5. The maximum atomic E-state index is 13.5. The molecule has 0 amide bonds. The van der Waals surface area contributed by atoms with Gasteiger partial charge in [-0.1, -0.05) is 48.0 Å². The van der Waals surface area contributed by atoms with E-state index in [-0.39, 0.29) is 23.7 Å². The second-order valence-electron chi connectivity index (χ2n) is 5.13. The fourth-order valence-corrected chi connectivity index (χ4v) is 2.42. The molecule has 2 atom stereocenters. The van der Waals surface area contributed by atoms with Gasteiger partial charge in [0.25, 0.3) is 0 Å². The summed E-state index contributed by atoms with van der Waals surface area (Å²) in [5.41, 5.74) is 1.96. The van der Waals surface area contributed by atoms with Gasteiger partial charge >= 0.3 is 0 Å². The molecule has 2 aromatic carbocycles. The van der Waals surface area contributed by atoms with Crippen molar-refractivity contribution in [1.82, 2.24) is 5.32 Å². The molecule has 0 fully saturated rings. The van der Waals surface area contributed by atoms with Crippen LogP contribution in [0.4, 0.5) is 4.39 Å². The molecule has 2 nitrogen and oxygen atoms in total. The Morgan fingerprint density at radius 1 is 1.19 bits per heavy atom. The van der Waals surface area contributed by atoms with Crippen LogP contribution in [0.15, 0.2) is 48.5 Å². The molecule has 2 N–H and O–H groups in total. The van der Waals surface area contributed by atoms with Crippen LogP contribution in [0.3, 0.4) is 0 Å². The Balaban J connectivity index is 2.02. The molecule has 4 heteroatoms. The first-order chi connectivity index (χ1) is 10.1. The van der Waals surface area contributed by atoms with Crippen molar-refractivity contribution in [3.63, 3.8) is 0 Å². The average Bonchev–Trinajstić information content (AvgIpc) is 2.50. The standard InChI is InChI=1S/C17H19ClFNO/c1-12(14-7-8-16(18)17(19)10-14)20-15(11-21)9-13-5-3-2-4-6-13/h2-8,10,12,15,20-21H,9,11H2,1H3/t12?,15-/m0/s1. The smallest absolute Gasteiger partial charge is 0.142 e. The van der Waals surface area contributed by atoms with E-state index >= 15 is 0 Å². The third kappa shape index (κ3) is 4.53. The van der Waals surface area contributed by atoms with Crippen LogP contribution in [-0.4, -0.2) is 17.8 Å². The van der Waals surface area contributed by atoms with Crippen LogP contribution < -0.4 is 5.32 Å². The van der Waals surface area contributed by atoms with Gasteiger partial charge in [0, 0.05) is 12.1 Å². The number of aliphatic hydroxyl groups is 1. The molecule has 0 bridgehead atoms. The molecule has 112 valence electrons. The molecule has 0 heterocycles. The van der Waals surface area contributed by atoms with E-state index in [0.717, 1.165) is 17.5 Å². The Hall–Kier alpha value is -1.42. The van der Waals surface area contributed by atoms with E-state index in [1.54, 1.807) is 12.1 Å². The molecule has 0 spiro atoms. The highest BCUT2D eigenvalue weighted by Crippen LogP contribution is 2.20. The van der Waals surface area contributed by atoms with Crippen molar-refractivity contribution >= 4 is 11.6 Å². The Kier molecular flexibility index (Phi) is 5.74. The van der Waals surface area contributed by atoms with E-state index in [9.17, 15) is 9.50 Å². The van der Waals surface area contributed by atoms with Crippen molar-refractivity contribution in [1.29, 1.82) is 0 Å². The van der Waals surface area contributed by atoms with Gasteiger partial charge in [-0.25, -0.2) is 4.39 Å². The van der Waals surface area contributed by atoms with E-state index < -0.39 is 5.82 Å². The molecule has 0 saturated carbocycles. The fraction of sp³-hybridized carbons (Fsp3) is 0.294. The summed E-state index contributed by atoms with van der Waals surface area (Å²) in [6, 6.07) is 14.6. The topological polar surface area (TPSA) is 32.3 Å². The summed E-state index contributed by atoms with van der Waals surface area (Å²) in [7, 11) is 0. The number of halogens is 2. The molecule has 2 rings (SSSR count). The van der Waals surface area contributed by atoms with Gasteiger partial charge in [-0.2, -0.15) is 0 Å². The van der Waals surface area contributed by atoms with E-state index in [0.29, 0.717) is 0 Å². The molecule has 0 aliphatic heterocycles. The third-order valence-corrected chi connectivity index (χ3v) is 3.78. The van der Waals surface area contributed by atoms with Crippen molar-refractivity contribution in [2.45, 2.75) is 25.4 Å². The lowest BCUT2D eigenvalue weighted by molar-refractivity contribution is 0.232. The predicted molar refractivity (Wildman–Crippen MR) is 84.0 cm³/mol. The largest absolute Gasteiger partial charge is 0.395 e. The summed E-state index contributed by atoms with van der Waals surface area (Å²) in [6.45, 7) is 1.96. The summed E-state index contributed by atoms with van der Waals surface area (Å²) in [5.74, 6) is -0.425. The van der Waals surface area contributed by atoms with Crippen LogP contribution >= 0.6 is 11.6 Å². The summed E-state index contributed by atoms with van der Waals surface area (Å²) >= 11 is 5.69. The van der Waals surface area contributed by atoms with Gasteiger partial charge in [-0.05, 0) is 36.6 Å². The van der Waals surface area contributed by atoms with E-state index in [1.165, 1.54) is 6.07 Å². The normalized spacial score (nSPS) is 13.9. The lowest BCUT2D eigenvalue weighted by Gasteiger charge is -2.22. The number of aliphatic hydroxyl groups excluding tert-OH is 1. The Morgan fingerprint density at radius 2 is 1.90 bits per heavy atom. The molecule has 0 radical (unpaired) electrons. The van der Waals surface area contributed by atoms with Gasteiger partial charge in [-0.3, -0.25) is 0 Å². The molecule has 21 heavy (non-hydrogen) atoms. The van der Waals surface area contributed by atoms with Crippen LogP contribution in [-0.2, 0) is 6.42 Å². The van der Waals surface area contributed by atoms with Gasteiger partial charge in [0.2, 0.25) is 0 Å². The highest BCUT2D eigenvalue weighted by atomic mass is 35.5. The van der Waals surface area contributed by atoms with Crippen molar-refractivity contribution in [2.24, 2.45) is 0 Å². The highest BCUT2D eigenvalue weighted by Gasteiger charge is 2.14. The zero-order valence-electron chi connectivity index (χ0n) is 11.9. The monoisotopic (exact) mass is 307 g/mol. The van der Waals surface area contributed by atoms with Crippen LogP contribution in [0.2, 0.25) is 5.02 Å². The lowest BCUT2D eigenvalue weighted by atomic mass is 10.0. The van der Waals surface area contributed by atoms with Gasteiger partial charge in [0.1, 0.15) is 5.82 Å². The average molecular weight is 308 g/mol. The van der Waals surface area contributed by atoms with Gasteiger partial charge in [0.15, 0.2) is 0 Å². The minimum atomic E-state index is -0.425. The summed E-state index contributed by atoms with van der Waals surface area (Å²) < 4.78 is 13.5. The highest BCUT2D eigenvalue weighted by molar-refractivity contribution is 6.30. The first-order valence-corrected chi connectivity index (χ1v) is 7.33. The third-order valence-electron chi connectivity index (χ3n) is 3.47. The van der Waals surface area contributed by atoms with Crippen molar-refractivity contribution in [2.75, 3.05) is 6.61 Å². The molecular formula is C17H19ClFNO. The summed E-state index contributed by atoms with van der Waals surface area (Å²) in [5, 5.41) is 13.0. The van der Waals surface area contributed by atoms with Crippen LogP contribution in [0.1, 0.15) is 24.1 Å². The number of hydrogen-bond acceptors (Lipinski definition) is 2. The van der Waals surface area contributed by atoms with Crippen molar-refractivity contribution < 1.29 is 9.50 Å². The van der Waals surface area contributed by atoms with Crippen LogP contribution in [0.25, 0.3) is 0 Å². The number of hydrogen-bond donors (Lipinski definition) is 2. The Labute approximate surface area is 129 Å². The zero-order valence-corrected chi connectivity index (χ0v) is 12.6. The molecule has 0 saturated heterocycles. The molecule has 0 aliphatic carbocycles. The molecule has 2 aromatic rings. The van der Waals surface area contributed by atoms with Gasteiger partial charge in [-0.15, -0.1) is 0 Å². The van der Waals surface area contributed by atoms with Crippen LogP contribution in [0.5, 0.6) is 0 Å². The number of benzene rings is 2. The molecule has 0 aromatic heterocycles. The zero-order chi connectivity index (χ0) is 15.2. The predicted octanol–water partition coefficient (Wildman–Crippen LogP) is 3.73. The summed E-state index contributed by atoms with van der Waals surface area (Å²) in [4.78, 5) is 0. The first-order valence-electron chi connectivity index (χ1n) is 6.96. The number of rotatable bonds is 6. The Bertz CT molecular complexity index is 576. The second kappa shape index (κ2) is 7.55. The second-order valence-corrected chi connectivity index (χ2v) is 5.54. The van der Waals surface area contributed by atoms with E-state index in [1.807, 2.05) is 37.3 Å². The SMILES string of the molecule is CC(N[C@H](CO)Cc1ccccc1)c1ccc(Cl)c(F)c1. The van der Waals surface area contributed by atoms with E-state index in [2.05, 4.69) is 5.32 Å². The quantitative estimate of drug-likeness (QED) is 0.852. The first kappa shape index (κ1) is 16.0. The lowest BCUT2D eigenvalue weighted by Crippen LogP contribution is -2.36. The maximum Gasteiger partial charge on any atom is 0.142 e. The van der Waals surface area contributed by atoms with E-state index in [4.69, 9.17) is 11.6 Å². The minimum Gasteiger partial charge on any atom is -0.395 e. The summed E-state index contributed by atoms with van der Waals surface area (Å²) in [6.07, 6.45) is 0.720. The minimum absolute atomic E-state index is 0.0231. The number of nitrogens with one attached hydrogen (secondary N) is 1. The Morgan fingerprint density at radius 3 is 2.52 bits per heavy atom. The van der Waals surface area contributed by atoms with Crippen molar-refractivity contribution in [3.8, 4) is 0 Å². The fourth-order valence-electron chi connectivity index (χ4n) is 2.31. The molecular weight excluding hydrogens is 289 g/mol. The van der Waals surface area contributed by atoms with Gasteiger partial charge in [0.05, 0.1) is 11.6 Å². The van der Waals surface area contributed by atoms with Crippen LogP contribution in [0, 0.1) is 5.82 Å². The molecule has 1 unspecified atom stereocenters.